The molecule has 0 saturated heterocycles. The molecule has 104 valence electrons. The van der Waals surface area contributed by atoms with Gasteiger partial charge in [-0.3, -0.25) is 9.59 Å². The molecular weight excluding hydrogens is 276 g/mol. The van der Waals surface area contributed by atoms with Crippen molar-refractivity contribution in [3.63, 3.8) is 0 Å². The van der Waals surface area contributed by atoms with Crippen LogP contribution >= 0.6 is 11.6 Å². The number of carbonyl (C=O) groups is 2. The third kappa shape index (κ3) is 3.27. The molecule has 0 fully saturated rings. The number of halogens is 1. The highest BCUT2D eigenvalue weighted by atomic mass is 35.5. The van der Waals surface area contributed by atoms with Crippen LogP contribution in [0.25, 0.3) is 0 Å². The minimum atomic E-state index is -0.160. The Morgan fingerprint density at radius 3 is 2.45 bits per heavy atom. The Morgan fingerprint density at radius 1 is 1.25 bits per heavy atom. The lowest BCUT2D eigenvalue weighted by molar-refractivity contribution is 0.0780. The number of aromatic nitrogens is 1. The van der Waals surface area contributed by atoms with Crippen LogP contribution in [0.2, 0.25) is 5.02 Å². The summed E-state index contributed by atoms with van der Waals surface area (Å²) in [6.07, 6.45) is 1.55. The Hall–Kier alpha value is -2.07. The van der Waals surface area contributed by atoms with Crippen molar-refractivity contribution >= 4 is 23.3 Å². The Kier molecular flexibility index (Phi) is 4.25. The summed E-state index contributed by atoms with van der Waals surface area (Å²) in [6.45, 7) is 1.94. The van der Waals surface area contributed by atoms with E-state index in [2.05, 4.69) is 4.98 Å². The van der Waals surface area contributed by atoms with Gasteiger partial charge in [-0.15, -0.1) is 0 Å². The number of hydrogen-bond acceptors (Lipinski definition) is 2. The molecule has 0 radical (unpaired) electrons. The maximum atomic E-state index is 12.2. The number of benzene rings is 1. The average molecular weight is 291 g/mol. The van der Waals surface area contributed by atoms with Crippen molar-refractivity contribution < 1.29 is 9.59 Å². The quantitative estimate of drug-likeness (QED) is 0.880. The Labute approximate surface area is 122 Å². The molecule has 5 heteroatoms. The van der Waals surface area contributed by atoms with E-state index < -0.39 is 0 Å². The fraction of sp³-hybridized carbons (Fsp3) is 0.200. The minimum Gasteiger partial charge on any atom is -0.356 e. The Bertz CT molecular complexity index is 632. The van der Waals surface area contributed by atoms with Gasteiger partial charge in [0.2, 0.25) is 0 Å². The number of Topliss-reactive ketones (excluding diaryl/α,β-unsaturated/α-hetero) is 1. The highest BCUT2D eigenvalue weighted by molar-refractivity contribution is 6.30. The van der Waals surface area contributed by atoms with Crippen LogP contribution in [-0.4, -0.2) is 28.6 Å². The summed E-state index contributed by atoms with van der Waals surface area (Å²) in [5.41, 5.74) is 1.91. The molecule has 1 aromatic carbocycles. The van der Waals surface area contributed by atoms with Crippen LogP contribution in [0.15, 0.2) is 36.5 Å². The summed E-state index contributed by atoms with van der Waals surface area (Å²) in [5, 5.41) is 0.665. The highest BCUT2D eigenvalue weighted by Gasteiger charge is 2.15. The highest BCUT2D eigenvalue weighted by Crippen LogP contribution is 2.13. The maximum Gasteiger partial charge on any atom is 0.270 e. The van der Waals surface area contributed by atoms with Crippen LogP contribution in [0.3, 0.4) is 0 Å². The van der Waals surface area contributed by atoms with Gasteiger partial charge in [0.1, 0.15) is 5.69 Å². The third-order valence-corrected chi connectivity index (χ3v) is 3.25. The summed E-state index contributed by atoms with van der Waals surface area (Å²) in [4.78, 5) is 27.8. The van der Waals surface area contributed by atoms with Gasteiger partial charge in [0.05, 0.1) is 0 Å². The molecule has 1 aromatic heterocycles. The van der Waals surface area contributed by atoms with Gasteiger partial charge in [-0.2, -0.15) is 0 Å². The molecule has 0 spiro atoms. The lowest BCUT2D eigenvalue weighted by Crippen LogP contribution is -2.26. The van der Waals surface area contributed by atoms with Crippen molar-refractivity contribution in [3.8, 4) is 0 Å². The van der Waals surface area contributed by atoms with E-state index >= 15 is 0 Å². The minimum absolute atomic E-state index is 0.0688. The second kappa shape index (κ2) is 5.92. The zero-order valence-electron chi connectivity index (χ0n) is 11.3. The van der Waals surface area contributed by atoms with Gasteiger partial charge in [0, 0.05) is 30.4 Å². The van der Waals surface area contributed by atoms with Crippen LogP contribution in [0.4, 0.5) is 0 Å². The molecule has 0 aliphatic carbocycles. The average Bonchev–Trinajstić information content (AvgIpc) is 2.90. The van der Waals surface area contributed by atoms with Crippen LogP contribution in [-0.2, 0) is 6.54 Å². The number of rotatable bonds is 4. The van der Waals surface area contributed by atoms with Gasteiger partial charge in [0.25, 0.3) is 5.91 Å². The van der Waals surface area contributed by atoms with Gasteiger partial charge in [-0.25, -0.2) is 0 Å². The second-order valence-corrected chi connectivity index (χ2v) is 5.08. The van der Waals surface area contributed by atoms with E-state index in [4.69, 9.17) is 11.6 Å². The Morgan fingerprint density at radius 2 is 1.90 bits per heavy atom. The fourth-order valence-corrected chi connectivity index (χ4v) is 1.99. The van der Waals surface area contributed by atoms with Crippen LogP contribution in [0, 0.1) is 0 Å². The molecule has 1 amide bonds. The monoisotopic (exact) mass is 290 g/mol. The zero-order chi connectivity index (χ0) is 14.7. The van der Waals surface area contributed by atoms with Gasteiger partial charge >= 0.3 is 0 Å². The fourth-order valence-electron chi connectivity index (χ4n) is 1.86. The molecule has 0 unspecified atom stereocenters. The molecule has 4 nitrogen and oxygen atoms in total. The Balaban J connectivity index is 2.07. The summed E-state index contributed by atoms with van der Waals surface area (Å²) in [6, 6.07) is 8.90. The predicted octanol–water partition coefficient (Wildman–Crippen LogP) is 3.14. The molecule has 1 N–H and O–H groups in total. The van der Waals surface area contributed by atoms with Crippen LogP contribution < -0.4 is 0 Å². The van der Waals surface area contributed by atoms with Gasteiger partial charge in [0.15, 0.2) is 5.78 Å². The number of hydrogen-bond donors (Lipinski definition) is 1. The summed E-state index contributed by atoms with van der Waals surface area (Å²) in [5.74, 6) is -0.229. The largest absolute Gasteiger partial charge is 0.356 e. The molecule has 20 heavy (non-hydrogen) atoms. The number of nitrogens with zero attached hydrogens (tertiary/aromatic N) is 1. The molecule has 0 saturated carbocycles. The van der Waals surface area contributed by atoms with E-state index in [0.29, 0.717) is 22.8 Å². The number of ketones is 1. The first-order chi connectivity index (χ1) is 9.47. The first-order valence-electron chi connectivity index (χ1n) is 6.16. The SMILES string of the molecule is CC(=O)c1c[nH]c(C(=O)N(C)Cc2ccc(Cl)cc2)c1. The van der Waals surface area contributed by atoms with Crippen molar-refractivity contribution in [2.45, 2.75) is 13.5 Å². The number of H-pyrrole nitrogens is 1. The third-order valence-electron chi connectivity index (χ3n) is 3.00. The molecule has 2 aromatic rings. The van der Waals surface area contributed by atoms with E-state index in [1.807, 2.05) is 12.1 Å². The molecule has 0 aliphatic heterocycles. The van der Waals surface area contributed by atoms with E-state index in [1.165, 1.54) is 6.92 Å². The smallest absolute Gasteiger partial charge is 0.270 e. The lowest BCUT2D eigenvalue weighted by atomic mass is 10.2. The van der Waals surface area contributed by atoms with Crippen molar-refractivity contribution in [3.05, 3.63) is 58.4 Å². The standard InChI is InChI=1S/C15H15ClN2O2/c1-10(19)12-7-14(17-8-12)15(20)18(2)9-11-3-5-13(16)6-4-11/h3-8,17H,9H2,1-2H3. The van der Waals surface area contributed by atoms with Crippen molar-refractivity contribution in [2.24, 2.45) is 0 Å². The molecule has 0 aliphatic rings. The van der Waals surface area contributed by atoms with E-state index in [1.54, 1.807) is 36.3 Å². The first kappa shape index (κ1) is 14.3. The first-order valence-corrected chi connectivity index (χ1v) is 6.54. The molecule has 1 heterocycles. The lowest BCUT2D eigenvalue weighted by Gasteiger charge is -2.16. The topological polar surface area (TPSA) is 53.2 Å². The maximum absolute atomic E-state index is 12.2. The predicted molar refractivity (Wildman–Crippen MR) is 78.0 cm³/mol. The number of nitrogens with one attached hydrogen (secondary N) is 1. The molecule has 2 rings (SSSR count). The number of aromatic amines is 1. The summed E-state index contributed by atoms with van der Waals surface area (Å²) < 4.78 is 0. The second-order valence-electron chi connectivity index (χ2n) is 4.65. The molecule has 0 atom stereocenters. The van der Waals surface area contributed by atoms with E-state index in [-0.39, 0.29) is 11.7 Å². The zero-order valence-corrected chi connectivity index (χ0v) is 12.1. The normalized spacial score (nSPS) is 10.3. The van der Waals surface area contributed by atoms with Crippen molar-refractivity contribution in [1.29, 1.82) is 0 Å². The van der Waals surface area contributed by atoms with Crippen LogP contribution in [0.1, 0.15) is 33.3 Å². The van der Waals surface area contributed by atoms with Crippen molar-refractivity contribution in [1.82, 2.24) is 9.88 Å². The van der Waals surface area contributed by atoms with E-state index in [0.717, 1.165) is 5.56 Å². The van der Waals surface area contributed by atoms with E-state index in [9.17, 15) is 9.59 Å². The molecule has 0 bridgehead atoms. The van der Waals surface area contributed by atoms with Gasteiger partial charge < -0.3 is 9.88 Å². The summed E-state index contributed by atoms with van der Waals surface area (Å²) >= 11 is 5.82. The summed E-state index contributed by atoms with van der Waals surface area (Å²) in [7, 11) is 1.71. The van der Waals surface area contributed by atoms with Crippen molar-refractivity contribution in [2.75, 3.05) is 7.05 Å². The van der Waals surface area contributed by atoms with Crippen LogP contribution in [0.5, 0.6) is 0 Å². The number of carbonyl (C=O) groups excluding carboxylic acids is 2. The number of amides is 1. The van der Waals surface area contributed by atoms with Gasteiger partial charge in [-0.1, -0.05) is 23.7 Å². The molecular formula is C15H15ClN2O2. The van der Waals surface area contributed by atoms with Gasteiger partial charge in [-0.05, 0) is 30.7 Å².